The second-order valence-corrected chi connectivity index (χ2v) is 2.70. The van der Waals surface area contributed by atoms with Crippen LogP contribution in [0.25, 0.3) is 0 Å². The zero-order valence-corrected chi connectivity index (χ0v) is 7.03. The molecule has 3 N–H and O–H groups in total. The number of hydrogen-bond donors (Lipinski definition) is 3. The van der Waals surface area contributed by atoms with Gasteiger partial charge in [-0.1, -0.05) is 12.1 Å². The summed E-state index contributed by atoms with van der Waals surface area (Å²) in [5.41, 5.74) is 3.54. The third-order valence-corrected chi connectivity index (χ3v) is 1.71. The average Bonchev–Trinajstić information content (AvgIpc) is 2.15. The fraction of sp³-hybridized carbons (Fsp3) is 0.222. The van der Waals surface area contributed by atoms with Crippen molar-refractivity contribution in [1.29, 1.82) is 0 Å². The molecule has 0 aliphatic heterocycles. The van der Waals surface area contributed by atoms with Gasteiger partial charge in [-0.25, -0.2) is 0 Å². The minimum Gasteiger partial charge on any atom is -0.481 e. The Morgan fingerprint density at radius 3 is 2.38 bits per heavy atom. The highest BCUT2D eigenvalue weighted by molar-refractivity contribution is 5.67. The summed E-state index contributed by atoms with van der Waals surface area (Å²) in [5.74, 6) is -0.802. The molecular weight excluding hydrogens is 170 g/mol. The van der Waals surface area contributed by atoms with Crippen molar-refractivity contribution < 1.29 is 15.1 Å². The quantitative estimate of drug-likeness (QED) is 0.616. The molecule has 13 heavy (non-hydrogen) atoms. The van der Waals surface area contributed by atoms with Crippen LogP contribution in [0, 0.1) is 0 Å². The van der Waals surface area contributed by atoms with Crippen LogP contribution in [0.4, 0.5) is 5.69 Å². The predicted molar refractivity (Wildman–Crippen MR) is 47.8 cm³/mol. The molecule has 0 heterocycles. The molecule has 0 saturated heterocycles. The fourth-order valence-corrected chi connectivity index (χ4v) is 0.997. The number of carboxylic acid groups (broad SMARTS) is 1. The van der Waals surface area contributed by atoms with Gasteiger partial charge in [0.1, 0.15) is 0 Å². The zero-order valence-electron chi connectivity index (χ0n) is 7.03. The van der Waals surface area contributed by atoms with E-state index < -0.39 is 5.97 Å². The lowest BCUT2D eigenvalue weighted by molar-refractivity contribution is -0.136. The van der Waals surface area contributed by atoms with E-state index >= 15 is 0 Å². The van der Waals surface area contributed by atoms with E-state index in [4.69, 9.17) is 10.3 Å². The molecular formula is C9H11NO3. The summed E-state index contributed by atoms with van der Waals surface area (Å²) in [4.78, 5) is 10.2. The Hall–Kier alpha value is -1.55. The standard InChI is InChI=1S/C9H11NO3/c11-9(12)6-3-7-1-4-8(10-13)5-2-7/h1-2,4-5,10,13H,3,6H2,(H,11,12). The second-order valence-electron chi connectivity index (χ2n) is 2.70. The van der Waals surface area contributed by atoms with Crippen molar-refractivity contribution in [3.63, 3.8) is 0 Å². The van der Waals surface area contributed by atoms with E-state index in [1.165, 1.54) is 0 Å². The molecule has 1 aromatic carbocycles. The van der Waals surface area contributed by atoms with Crippen LogP contribution in [0.15, 0.2) is 24.3 Å². The van der Waals surface area contributed by atoms with Crippen molar-refractivity contribution in [2.75, 3.05) is 5.48 Å². The summed E-state index contributed by atoms with van der Waals surface area (Å²) >= 11 is 0. The molecule has 0 aliphatic carbocycles. The third-order valence-electron chi connectivity index (χ3n) is 1.71. The number of nitrogens with one attached hydrogen (secondary N) is 1. The monoisotopic (exact) mass is 181 g/mol. The number of aliphatic carboxylic acids is 1. The normalized spacial score (nSPS) is 9.62. The Bertz CT molecular complexity index is 281. The van der Waals surface area contributed by atoms with Gasteiger partial charge < -0.3 is 5.11 Å². The molecule has 1 aromatic rings. The minimum absolute atomic E-state index is 0.131. The lowest BCUT2D eigenvalue weighted by Gasteiger charge is -2.00. The van der Waals surface area contributed by atoms with E-state index in [2.05, 4.69) is 0 Å². The lowest BCUT2D eigenvalue weighted by atomic mass is 10.1. The van der Waals surface area contributed by atoms with E-state index in [9.17, 15) is 4.79 Å². The molecule has 70 valence electrons. The molecule has 0 spiro atoms. The van der Waals surface area contributed by atoms with Gasteiger partial charge in [-0.3, -0.25) is 15.5 Å². The summed E-state index contributed by atoms with van der Waals surface area (Å²) in [6.07, 6.45) is 0.646. The van der Waals surface area contributed by atoms with Gasteiger partial charge in [0.05, 0.1) is 5.69 Å². The maximum absolute atomic E-state index is 10.2. The number of benzene rings is 1. The minimum atomic E-state index is -0.802. The first-order valence-corrected chi connectivity index (χ1v) is 3.93. The first-order chi connectivity index (χ1) is 6.22. The van der Waals surface area contributed by atoms with E-state index in [0.717, 1.165) is 5.56 Å². The van der Waals surface area contributed by atoms with Crippen LogP contribution < -0.4 is 5.48 Å². The fourth-order valence-electron chi connectivity index (χ4n) is 0.997. The smallest absolute Gasteiger partial charge is 0.303 e. The molecule has 0 atom stereocenters. The first kappa shape index (κ1) is 9.54. The number of hydrogen-bond acceptors (Lipinski definition) is 3. The summed E-state index contributed by atoms with van der Waals surface area (Å²) in [6, 6.07) is 6.94. The van der Waals surface area contributed by atoms with Gasteiger partial charge >= 0.3 is 5.97 Å². The number of carboxylic acids is 1. The molecule has 0 bridgehead atoms. The summed E-state index contributed by atoms with van der Waals surface area (Å²) in [6.45, 7) is 0. The SMILES string of the molecule is O=C(O)CCc1ccc(NO)cc1. The number of anilines is 1. The molecule has 0 radical (unpaired) electrons. The van der Waals surface area contributed by atoms with Gasteiger partial charge in [0.2, 0.25) is 0 Å². The molecule has 0 aromatic heterocycles. The van der Waals surface area contributed by atoms with Crippen LogP contribution in [0.1, 0.15) is 12.0 Å². The number of aryl methyl sites for hydroxylation is 1. The number of rotatable bonds is 4. The average molecular weight is 181 g/mol. The summed E-state index contributed by atoms with van der Waals surface area (Å²) in [5, 5.41) is 16.9. The maximum atomic E-state index is 10.2. The molecule has 0 fully saturated rings. The van der Waals surface area contributed by atoms with Crippen molar-refractivity contribution in [3.8, 4) is 0 Å². The molecule has 4 nitrogen and oxygen atoms in total. The lowest BCUT2D eigenvalue weighted by Crippen LogP contribution is -1.97. The molecule has 1 rings (SSSR count). The van der Waals surface area contributed by atoms with Gasteiger partial charge in [-0.15, -0.1) is 0 Å². The van der Waals surface area contributed by atoms with Crippen LogP contribution in [0.5, 0.6) is 0 Å². The van der Waals surface area contributed by atoms with Gasteiger partial charge in [-0.05, 0) is 24.1 Å². The molecule has 0 unspecified atom stereocenters. The molecule has 0 amide bonds. The molecule has 0 saturated carbocycles. The van der Waals surface area contributed by atoms with E-state index in [-0.39, 0.29) is 6.42 Å². The second kappa shape index (κ2) is 4.47. The predicted octanol–water partition coefficient (Wildman–Crippen LogP) is 1.50. The van der Waals surface area contributed by atoms with Crippen molar-refractivity contribution in [1.82, 2.24) is 0 Å². The van der Waals surface area contributed by atoms with Gasteiger partial charge in [-0.2, -0.15) is 0 Å². The Balaban J connectivity index is 2.54. The van der Waals surface area contributed by atoms with E-state index in [0.29, 0.717) is 12.1 Å². The zero-order chi connectivity index (χ0) is 9.68. The van der Waals surface area contributed by atoms with E-state index in [1.807, 2.05) is 5.48 Å². The summed E-state index contributed by atoms with van der Waals surface area (Å²) < 4.78 is 0. The van der Waals surface area contributed by atoms with Crippen molar-refractivity contribution in [2.45, 2.75) is 12.8 Å². The first-order valence-electron chi connectivity index (χ1n) is 3.93. The van der Waals surface area contributed by atoms with Crippen molar-refractivity contribution in [2.24, 2.45) is 0 Å². The van der Waals surface area contributed by atoms with Crippen LogP contribution in [0.3, 0.4) is 0 Å². The topological polar surface area (TPSA) is 69.6 Å². The maximum Gasteiger partial charge on any atom is 0.303 e. The van der Waals surface area contributed by atoms with Crippen LogP contribution in [-0.2, 0) is 11.2 Å². The van der Waals surface area contributed by atoms with Gasteiger partial charge in [0, 0.05) is 6.42 Å². The highest BCUT2D eigenvalue weighted by Gasteiger charge is 1.98. The molecule has 0 aliphatic rings. The van der Waals surface area contributed by atoms with E-state index in [1.54, 1.807) is 24.3 Å². The highest BCUT2D eigenvalue weighted by atomic mass is 16.5. The Labute approximate surface area is 75.8 Å². The van der Waals surface area contributed by atoms with Crippen LogP contribution in [-0.4, -0.2) is 16.3 Å². The van der Waals surface area contributed by atoms with Gasteiger partial charge in [0.15, 0.2) is 0 Å². The van der Waals surface area contributed by atoms with Crippen molar-refractivity contribution in [3.05, 3.63) is 29.8 Å². The van der Waals surface area contributed by atoms with Crippen molar-refractivity contribution >= 4 is 11.7 Å². The Kier molecular flexibility index (Phi) is 3.28. The van der Waals surface area contributed by atoms with Gasteiger partial charge in [0.25, 0.3) is 0 Å². The van der Waals surface area contributed by atoms with Crippen LogP contribution >= 0.6 is 0 Å². The number of carbonyl (C=O) groups is 1. The van der Waals surface area contributed by atoms with Crippen LogP contribution in [0.2, 0.25) is 0 Å². The Morgan fingerprint density at radius 2 is 1.92 bits per heavy atom. The molecule has 4 heteroatoms. The largest absolute Gasteiger partial charge is 0.481 e. The third kappa shape index (κ3) is 3.13. The summed E-state index contributed by atoms with van der Waals surface area (Å²) in [7, 11) is 0. The highest BCUT2D eigenvalue weighted by Crippen LogP contribution is 2.09. The Morgan fingerprint density at radius 1 is 1.31 bits per heavy atom.